The number of rotatable bonds is 6. The minimum absolute atomic E-state index is 0.268. The maximum Gasteiger partial charge on any atom is 0.279 e. The minimum atomic E-state index is -0.916. The second-order valence-corrected chi connectivity index (χ2v) is 5.15. The Kier molecular flexibility index (Phi) is 6.51. The maximum absolute atomic E-state index is 12.8. The van der Waals surface area contributed by atoms with E-state index in [-0.39, 0.29) is 12.4 Å². The summed E-state index contributed by atoms with van der Waals surface area (Å²) >= 11 is 0. The van der Waals surface area contributed by atoms with Crippen molar-refractivity contribution in [3.8, 4) is 17.6 Å². The van der Waals surface area contributed by atoms with Crippen molar-refractivity contribution in [2.45, 2.75) is 13.0 Å². The molecule has 0 aromatic heterocycles. The lowest BCUT2D eigenvalue weighted by atomic mass is 10.2. The molecule has 2 rings (SSSR count). The highest BCUT2D eigenvalue weighted by Gasteiger charge is 2.15. The van der Waals surface area contributed by atoms with Crippen molar-refractivity contribution >= 4 is 11.8 Å². The van der Waals surface area contributed by atoms with Gasteiger partial charge < -0.3 is 9.47 Å². The zero-order valence-corrected chi connectivity index (χ0v) is 13.9. The molecule has 0 aliphatic carbocycles. The van der Waals surface area contributed by atoms with Crippen LogP contribution in [0, 0.1) is 17.1 Å². The summed E-state index contributed by atoms with van der Waals surface area (Å²) in [6.45, 7) is 1.09. The van der Waals surface area contributed by atoms with E-state index < -0.39 is 23.7 Å². The Hall–Kier alpha value is -3.60. The molecular weight excluding hydrogens is 341 g/mol. The molecule has 2 N–H and O–H groups in total. The van der Waals surface area contributed by atoms with Gasteiger partial charge in [-0.1, -0.05) is 12.1 Å². The quantitative estimate of drug-likeness (QED) is 0.767. The lowest BCUT2D eigenvalue weighted by Crippen LogP contribution is -2.48. The Bertz CT molecular complexity index is 818. The first-order valence-corrected chi connectivity index (χ1v) is 7.62. The van der Waals surface area contributed by atoms with E-state index in [0.29, 0.717) is 11.3 Å². The zero-order chi connectivity index (χ0) is 18.9. The third-order valence-electron chi connectivity index (χ3n) is 3.19. The molecule has 2 aromatic rings. The normalized spacial score (nSPS) is 11.0. The van der Waals surface area contributed by atoms with Crippen LogP contribution in [0.15, 0.2) is 48.5 Å². The van der Waals surface area contributed by atoms with E-state index in [1.165, 1.54) is 31.2 Å². The molecule has 1 atom stereocenters. The Morgan fingerprint density at radius 3 is 2.54 bits per heavy atom. The van der Waals surface area contributed by atoms with Gasteiger partial charge >= 0.3 is 0 Å². The van der Waals surface area contributed by atoms with Crippen LogP contribution < -0.4 is 20.3 Å². The highest BCUT2D eigenvalue weighted by atomic mass is 19.1. The smallest absolute Gasteiger partial charge is 0.279 e. The number of amides is 2. The summed E-state index contributed by atoms with van der Waals surface area (Å²) in [6.07, 6.45) is -0.916. The number of hydrogen-bond donors (Lipinski definition) is 2. The lowest BCUT2D eigenvalue weighted by molar-refractivity contribution is -0.133. The molecule has 0 spiro atoms. The number of nitrogens with one attached hydrogen (secondary N) is 2. The Morgan fingerprint density at radius 1 is 1.15 bits per heavy atom. The van der Waals surface area contributed by atoms with E-state index in [0.717, 1.165) is 0 Å². The van der Waals surface area contributed by atoms with Gasteiger partial charge in [-0.2, -0.15) is 5.26 Å². The average molecular weight is 357 g/mol. The molecule has 2 amide bonds. The second-order valence-electron chi connectivity index (χ2n) is 5.15. The fraction of sp³-hybridized carbons (Fsp3) is 0.167. The second kappa shape index (κ2) is 9.03. The van der Waals surface area contributed by atoms with Crippen LogP contribution in [0.5, 0.6) is 11.5 Å². The number of ether oxygens (including phenoxy) is 2. The number of nitrogens with zero attached hydrogens (tertiary/aromatic N) is 1. The van der Waals surface area contributed by atoms with Gasteiger partial charge in [0.1, 0.15) is 23.4 Å². The largest absolute Gasteiger partial charge is 0.482 e. The van der Waals surface area contributed by atoms with Crippen molar-refractivity contribution in [1.82, 2.24) is 10.9 Å². The molecule has 134 valence electrons. The number of hydrogen-bond acceptors (Lipinski definition) is 5. The summed E-state index contributed by atoms with van der Waals surface area (Å²) in [5.74, 6) is -1.04. The van der Waals surface area contributed by atoms with Crippen LogP contribution in [0.4, 0.5) is 4.39 Å². The number of benzene rings is 2. The number of carbonyl (C=O) groups is 2. The van der Waals surface area contributed by atoms with Gasteiger partial charge in [0.05, 0.1) is 5.56 Å². The lowest BCUT2D eigenvalue weighted by Gasteiger charge is -2.15. The van der Waals surface area contributed by atoms with E-state index in [4.69, 9.17) is 14.7 Å². The average Bonchev–Trinajstić information content (AvgIpc) is 2.66. The molecule has 0 bridgehead atoms. The molecule has 0 heterocycles. The fourth-order valence-electron chi connectivity index (χ4n) is 1.87. The fourth-order valence-corrected chi connectivity index (χ4v) is 1.87. The maximum atomic E-state index is 12.8. The van der Waals surface area contributed by atoms with Gasteiger partial charge in [-0.3, -0.25) is 20.4 Å². The predicted octanol–water partition coefficient (Wildman–Crippen LogP) is 1.69. The van der Waals surface area contributed by atoms with Crippen molar-refractivity contribution in [1.29, 1.82) is 5.26 Å². The summed E-state index contributed by atoms with van der Waals surface area (Å²) in [6, 6.07) is 13.6. The number of halogens is 1. The highest BCUT2D eigenvalue weighted by molar-refractivity contribution is 5.85. The molecule has 8 heteroatoms. The molecule has 26 heavy (non-hydrogen) atoms. The SMILES string of the molecule is C[C@@H](Oc1ccc(F)cc1)C(=O)NNC(=O)COc1ccccc1C#N. The van der Waals surface area contributed by atoms with Crippen LogP contribution in [-0.2, 0) is 9.59 Å². The third kappa shape index (κ3) is 5.49. The van der Waals surface area contributed by atoms with Crippen molar-refractivity contribution in [3.63, 3.8) is 0 Å². The zero-order valence-electron chi connectivity index (χ0n) is 13.9. The molecule has 0 saturated heterocycles. The molecule has 0 aliphatic rings. The first kappa shape index (κ1) is 18.7. The van der Waals surface area contributed by atoms with Crippen molar-refractivity contribution in [3.05, 3.63) is 59.9 Å². The Labute approximate surface area is 149 Å². The van der Waals surface area contributed by atoms with Gasteiger partial charge in [-0.05, 0) is 43.3 Å². The number of nitriles is 1. The van der Waals surface area contributed by atoms with Crippen LogP contribution in [0.1, 0.15) is 12.5 Å². The highest BCUT2D eigenvalue weighted by Crippen LogP contribution is 2.16. The van der Waals surface area contributed by atoms with E-state index in [2.05, 4.69) is 10.9 Å². The monoisotopic (exact) mass is 357 g/mol. The predicted molar refractivity (Wildman–Crippen MR) is 89.4 cm³/mol. The molecule has 0 saturated carbocycles. The van der Waals surface area contributed by atoms with Gasteiger partial charge in [0.25, 0.3) is 11.8 Å². The summed E-state index contributed by atoms with van der Waals surface area (Å²) in [7, 11) is 0. The van der Waals surface area contributed by atoms with Crippen LogP contribution in [0.25, 0.3) is 0 Å². The van der Waals surface area contributed by atoms with E-state index in [9.17, 15) is 14.0 Å². The summed E-state index contributed by atoms with van der Waals surface area (Å²) in [5.41, 5.74) is 4.67. The van der Waals surface area contributed by atoms with Crippen LogP contribution in [-0.4, -0.2) is 24.5 Å². The van der Waals surface area contributed by atoms with Gasteiger partial charge in [-0.25, -0.2) is 4.39 Å². The first-order chi connectivity index (χ1) is 12.5. The van der Waals surface area contributed by atoms with Crippen molar-refractivity contribution in [2.24, 2.45) is 0 Å². The topological polar surface area (TPSA) is 100 Å². The molecule has 0 fully saturated rings. The Balaban J connectivity index is 1.76. The molecular formula is C18H16FN3O4. The number of hydrazine groups is 1. The van der Waals surface area contributed by atoms with E-state index >= 15 is 0 Å². The molecule has 7 nitrogen and oxygen atoms in total. The summed E-state index contributed by atoms with van der Waals surface area (Å²) < 4.78 is 23.4. The van der Waals surface area contributed by atoms with E-state index in [1.807, 2.05) is 6.07 Å². The summed E-state index contributed by atoms with van der Waals surface area (Å²) in [4.78, 5) is 23.6. The third-order valence-corrected chi connectivity index (χ3v) is 3.19. The summed E-state index contributed by atoms with van der Waals surface area (Å²) in [5, 5.41) is 8.93. The van der Waals surface area contributed by atoms with Crippen LogP contribution in [0.3, 0.4) is 0 Å². The van der Waals surface area contributed by atoms with Gasteiger partial charge in [0, 0.05) is 0 Å². The Morgan fingerprint density at radius 2 is 1.85 bits per heavy atom. The molecule has 0 aliphatic heterocycles. The number of carbonyl (C=O) groups excluding carboxylic acids is 2. The molecule has 0 unspecified atom stereocenters. The van der Waals surface area contributed by atoms with Crippen LogP contribution in [0.2, 0.25) is 0 Å². The number of para-hydroxylation sites is 1. The van der Waals surface area contributed by atoms with Crippen LogP contribution >= 0.6 is 0 Å². The van der Waals surface area contributed by atoms with Gasteiger partial charge in [0.15, 0.2) is 12.7 Å². The van der Waals surface area contributed by atoms with Gasteiger partial charge in [0.2, 0.25) is 0 Å². The van der Waals surface area contributed by atoms with Crippen molar-refractivity contribution < 1.29 is 23.5 Å². The minimum Gasteiger partial charge on any atom is -0.482 e. The first-order valence-electron chi connectivity index (χ1n) is 7.62. The van der Waals surface area contributed by atoms with Crippen molar-refractivity contribution in [2.75, 3.05) is 6.61 Å². The molecule has 2 aromatic carbocycles. The van der Waals surface area contributed by atoms with E-state index in [1.54, 1.807) is 24.3 Å². The van der Waals surface area contributed by atoms with Gasteiger partial charge in [-0.15, -0.1) is 0 Å². The standard InChI is InChI=1S/C18H16FN3O4/c1-12(26-15-8-6-14(19)7-9-15)18(24)22-21-17(23)11-25-16-5-3-2-4-13(16)10-20/h2-9,12H,11H2,1H3,(H,21,23)(H,22,24)/t12-/m1/s1. The molecule has 0 radical (unpaired) electrons.